The van der Waals surface area contributed by atoms with Crippen molar-refractivity contribution in [1.82, 2.24) is 4.90 Å². The maximum Gasteiger partial charge on any atom is 0.255 e. The number of nitrogens with two attached hydrogens (primary N) is 2. The first-order valence-electron chi connectivity index (χ1n) is 7.23. The summed E-state index contributed by atoms with van der Waals surface area (Å²) in [5, 5.41) is 0. The van der Waals surface area contributed by atoms with E-state index >= 15 is 0 Å². The van der Waals surface area contributed by atoms with Crippen molar-refractivity contribution in [2.24, 2.45) is 11.3 Å². The molecule has 1 fully saturated rings. The third kappa shape index (κ3) is 3.06. The predicted molar refractivity (Wildman–Crippen MR) is 83.3 cm³/mol. The molecule has 0 unspecified atom stereocenters. The molecule has 110 valence electrons. The van der Waals surface area contributed by atoms with Crippen LogP contribution in [0.2, 0.25) is 0 Å². The fourth-order valence-corrected chi connectivity index (χ4v) is 2.89. The van der Waals surface area contributed by atoms with Crippen LogP contribution in [-0.4, -0.2) is 23.9 Å². The number of hydrogen-bond acceptors (Lipinski definition) is 3. The number of anilines is 2. The van der Waals surface area contributed by atoms with E-state index in [-0.39, 0.29) is 5.91 Å². The molecule has 1 saturated heterocycles. The SMILES string of the molecule is CC(C)(C)C1CCN(C(=O)c2ccc(N)cc2N)CC1. The number of nitrogen functional groups attached to an aromatic ring is 2. The zero-order chi connectivity index (χ0) is 14.9. The van der Waals surface area contributed by atoms with Crippen molar-refractivity contribution in [1.29, 1.82) is 0 Å². The van der Waals surface area contributed by atoms with Crippen LogP contribution in [0.25, 0.3) is 0 Å². The van der Waals surface area contributed by atoms with Crippen molar-refractivity contribution in [2.75, 3.05) is 24.6 Å². The molecule has 1 amide bonds. The van der Waals surface area contributed by atoms with E-state index in [4.69, 9.17) is 11.5 Å². The van der Waals surface area contributed by atoms with Crippen LogP contribution in [0.3, 0.4) is 0 Å². The minimum Gasteiger partial charge on any atom is -0.399 e. The first-order valence-corrected chi connectivity index (χ1v) is 7.23. The van der Waals surface area contributed by atoms with Gasteiger partial charge in [-0.2, -0.15) is 0 Å². The second kappa shape index (κ2) is 5.35. The number of piperidine rings is 1. The van der Waals surface area contributed by atoms with Crippen molar-refractivity contribution in [3.05, 3.63) is 23.8 Å². The molecule has 4 nitrogen and oxygen atoms in total. The van der Waals surface area contributed by atoms with Crippen LogP contribution in [0.15, 0.2) is 18.2 Å². The molecule has 0 bridgehead atoms. The number of benzene rings is 1. The summed E-state index contributed by atoms with van der Waals surface area (Å²) in [5.41, 5.74) is 13.5. The topological polar surface area (TPSA) is 72.3 Å². The molecule has 0 aliphatic carbocycles. The lowest BCUT2D eigenvalue weighted by Crippen LogP contribution is -2.41. The number of hydrogen-bond donors (Lipinski definition) is 2. The summed E-state index contributed by atoms with van der Waals surface area (Å²) in [7, 11) is 0. The van der Waals surface area contributed by atoms with E-state index in [1.807, 2.05) is 4.90 Å². The van der Waals surface area contributed by atoms with Crippen molar-refractivity contribution in [3.8, 4) is 0 Å². The molecule has 1 aromatic carbocycles. The molecule has 4 heteroatoms. The largest absolute Gasteiger partial charge is 0.399 e. The van der Waals surface area contributed by atoms with Gasteiger partial charge < -0.3 is 16.4 Å². The summed E-state index contributed by atoms with van der Waals surface area (Å²) in [6.07, 6.45) is 2.12. The normalized spacial score (nSPS) is 17.2. The lowest BCUT2D eigenvalue weighted by atomic mass is 9.75. The predicted octanol–water partition coefficient (Wildman–Crippen LogP) is 2.75. The van der Waals surface area contributed by atoms with Crippen LogP contribution in [0.5, 0.6) is 0 Å². The number of carbonyl (C=O) groups is 1. The molecular formula is C16H25N3O. The van der Waals surface area contributed by atoms with E-state index < -0.39 is 0 Å². The number of likely N-dealkylation sites (tertiary alicyclic amines) is 1. The smallest absolute Gasteiger partial charge is 0.255 e. The molecule has 0 atom stereocenters. The molecule has 2 rings (SSSR count). The molecule has 1 aliphatic rings. The van der Waals surface area contributed by atoms with Crippen molar-refractivity contribution in [3.63, 3.8) is 0 Å². The number of nitrogens with zero attached hydrogens (tertiary/aromatic N) is 1. The quantitative estimate of drug-likeness (QED) is 0.774. The Morgan fingerprint density at radius 1 is 1.20 bits per heavy atom. The lowest BCUT2D eigenvalue weighted by Gasteiger charge is -2.38. The molecule has 0 saturated carbocycles. The molecule has 0 spiro atoms. The van der Waals surface area contributed by atoms with Gasteiger partial charge in [0.25, 0.3) is 5.91 Å². The minimum atomic E-state index is 0.0230. The molecular weight excluding hydrogens is 250 g/mol. The number of carbonyl (C=O) groups excluding carboxylic acids is 1. The summed E-state index contributed by atoms with van der Waals surface area (Å²) in [6.45, 7) is 8.43. The van der Waals surface area contributed by atoms with E-state index in [0.717, 1.165) is 25.9 Å². The van der Waals surface area contributed by atoms with Gasteiger partial charge >= 0.3 is 0 Å². The van der Waals surface area contributed by atoms with Gasteiger partial charge in [-0.15, -0.1) is 0 Å². The number of rotatable bonds is 1. The summed E-state index contributed by atoms with van der Waals surface area (Å²) >= 11 is 0. The summed E-state index contributed by atoms with van der Waals surface area (Å²) in [5.74, 6) is 0.699. The van der Waals surface area contributed by atoms with E-state index in [0.29, 0.717) is 28.3 Å². The van der Waals surface area contributed by atoms with Crippen LogP contribution in [-0.2, 0) is 0 Å². The lowest BCUT2D eigenvalue weighted by molar-refractivity contribution is 0.0610. The van der Waals surface area contributed by atoms with Crippen LogP contribution < -0.4 is 11.5 Å². The minimum absolute atomic E-state index is 0.0230. The standard InChI is InChI=1S/C16H25N3O/c1-16(2,3)11-6-8-19(9-7-11)15(20)13-5-4-12(17)10-14(13)18/h4-5,10-11H,6-9,17-18H2,1-3H3. The second-order valence-electron chi connectivity index (χ2n) is 6.78. The summed E-state index contributed by atoms with van der Waals surface area (Å²) in [6, 6.07) is 5.10. The van der Waals surface area contributed by atoms with Crippen molar-refractivity contribution >= 4 is 17.3 Å². The Morgan fingerprint density at radius 2 is 1.80 bits per heavy atom. The average molecular weight is 275 g/mol. The highest BCUT2D eigenvalue weighted by Crippen LogP contribution is 2.34. The third-order valence-electron chi connectivity index (χ3n) is 4.31. The van der Waals surface area contributed by atoms with Gasteiger partial charge in [0.2, 0.25) is 0 Å². The van der Waals surface area contributed by atoms with Gasteiger partial charge in [-0.3, -0.25) is 4.79 Å². The van der Waals surface area contributed by atoms with Crippen LogP contribution in [0, 0.1) is 11.3 Å². The Labute approximate surface area is 121 Å². The van der Waals surface area contributed by atoms with E-state index in [1.165, 1.54) is 0 Å². The Kier molecular flexibility index (Phi) is 3.93. The zero-order valence-corrected chi connectivity index (χ0v) is 12.6. The molecule has 20 heavy (non-hydrogen) atoms. The van der Waals surface area contributed by atoms with Gasteiger partial charge in [-0.25, -0.2) is 0 Å². The van der Waals surface area contributed by atoms with Gasteiger partial charge in [-0.05, 0) is 42.4 Å². The summed E-state index contributed by atoms with van der Waals surface area (Å²) in [4.78, 5) is 14.4. The first-order chi connectivity index (χ1) is 9.29. The first kappa shape index (κ1) is 14.7. The van der Waals surface area contributed by atoms with Crippen molar-refractivity contribution in [2.45, 2.75) is 33.6 Å². The molecule has 4 N–H and O–H groups in total. The Morgan fingerprint density at radius 3 is 2.30 bits per heavy atom. The van der Waals surface area contributed by atoms with Crippen molar-refractivity contribution < 1.29 is 4.79 Å². The molecule has 0 aromatic heterocycles. The Balaban J connectivity index is 2.05. The third-order valence-corrected chi connectivity index (χ3v) is 4.31. The van der Waals surface area contributed by atoms with Gasteiger partial charge in [0.05, 0.1) is 5.56 Å². The monoisotopic (exact) mass is 275 g/mol. The summed E-state index contributed by atoms with van der Waals surface area (Å²) < 4.78 is 0. The van der Waals surface area contributed by atoms with Crippen LogP contribution in [0.1, 0.15) is 44.0 Å². The van der Waals surface area contributed by atoms with Gasteiger partial charge in [0.15, 0.2) is 0 Å². The Hall–Kier alpha value is -1.71. The highest BCUT2D eigenvalue weighted by Gasteiger charge is 2.31. The van der Waals surface area contributed by atoms with E-state index in [9.17, 15) is 4.79 Å². The van der Waals surface area contributed by atoms with Crippen LogP contribution >= 0.6 is 0 Å². The van der Waals surface area contributed by atoms with Gasteiger partial charge in [0.1, 0.15) is 0 Å². The fraction of sp³-hybridized carbons (Fsp3) is 0.562. The zero-order valence-electron chi connectivity index (χ0n) is 12.6. The van der Waals surface area contributed by atoms with Gasteiger partial charge in [-0.1, -0.05) is 20.8 Å². The molecule has 1 aromatic rings. The van der Waals surface area contributed by atoms with Crippen LogP contribution in [0.4, 0.5) is 11.4 Å². The van der Waals surface area contributed by atoms with E-state index in [2.05, 4.69) is 20.8 Å². The fourth-order valence-electron chi connectivity index (χ4n) is 2.89. The Bertz CT molecular complexity index is 497. The maximum atomic E-state index is 12.5. The second-order valence-corrected chi connectivity index (χ2v) is 6.78. The highest BCUT2D eigenvalue weighted by molar-refractivity contribution is 5.99. The molecule has 1 heterocycles. The maximum absolute atomic E-state index is 12.5. The number of amides is 1. The molecule has 1 aliphatic heterocycles. The van der Waals surface area contributed by atoms with E-state index in [1.54, 1.807) is 18.2 Å². The highest BCUT2D eigenvalue weighted by atomic mass is 16.2. The average Bonchev–Trinajstić information content (AvgIpc) is 2.37. The van der Waals surface area contributed by atoms with Gasteiger partial charge in [0, 0.05) is 24.5 Å². The molecule has 0 radical (unpaired) electrons.